The Balaban J connectivity index is 2.00. The molecular formula is C24H31N2+. The fourth-order valence-corrected chi connectivity index (χ4v) is 4.68. The average Bonchev–Trinajstić information content (AvgIpc) is 2.83. The van der Waals surface area contributed by atoms with Crippen molar-refractivity contribution < 1.29 is 4.57 Å². The highest BCUT2D eigenvalue weighted by atomic mass is 15.2. The van der Waals surface area contributed by atoms with Crippen molar-refractivity contribution in [3.8, 4) is 11.4 Å². The van der Waals surface area contributed by atoms with Gasteiger partial charge < -0.3 is 0 Å². The minimum Gasteiger partial charge on any atom is -0.226 e. The Morgan fingerprint density at radius 3 is 2.54 bits per heavy atom. The van der Waals surface area contributed by atoms with Gasteiger partial charge >= 0.3 is 0 Å². The molecule has 0 spiro atoms. The monoisotopic (exact) mass is 347 g/mol. The summed E-state index contributed by atoms with van der Waals surface area (Å²) < 4.78 is 4.99. The standard InChI is InChI=1S/C24H31N2/c1-16-9-11-19(17(2)14-16)23-25(6)21-12-10-18(15-24(3,4)5)20-8-7-13-26(23)22(20)21/h9-12,14H,7-8,13,15H2,1-6H3/q+1. The van der Waals surface area contributed by atoms with Crippen LogP contribution in [0.4, 0.5) is 0 Å². The summed E-state index contributed by atoms with van der Waals surface area (Å²) in [4.78, 5) is 0. The summed E-state index contributed by atoms with van der Waals surface area (Å²) in [5, 5.41) is 0. The highest BCUT2D eigenvalue weighted by Crippen LogP contribution is 2.33. The maximum Gasteiger partial charge on any atom is 0.289 e. The van der Waals surface area contributed by atoms with Gasteiger partial charge in [0.2, 0.25) is 0 Å². The minimum absolute atomic E-state index is 0.317. The number of benzene rings is 2. The van der Waals surface area contributed by atoms with Crippen LogP contribution in [0.3, 0.4) is 0 Å². The SMILES string of the molecule is Cc1ccc(-c2n(C)c3ccc(CC(C)(C)C)c4c3[n+]2CCC4)c(C)c1. The molecule has 0 fully saturated rings. The van der Waals surface area contributed by atoms with Gasteiger partial charge in [0.15, 0.2) is 11.0 Å². The van der Waals surface area contributed by atoms with Gasteiger partial charge in [0, 0.05) is 5.56 Å². The van der Waals surface area contributed by atoms with Crippen molar-refractivity contribution in [3.05, 3.63) is 52.6 Å². The van der Waals surface area contributed by atoms with Gasteiger partial charge in [0.1, 0.15) is 0 Å². The van der Waals surface area contributed by atoms with E-state index in [9.17, 15) is 0 Å². The van der Waals surface area contributed by atoms with Crippen LogP contribution in [0.15, 0.2) is 30.3 Å². The van der Waals surface area contributed by atoms with Crippen LogP contribution in [0, 0.1) is 19.3 Å². The second-order valence-corrected chi connectivity index (χ2v) is 9.26. The van der Waals surface area contributed by atoms with E-state index in [0.29, 0.717) is 5.41 Å². The van der Waals surface area contributed by atoms with Crippen LogP contribution in [0.25, 0.3) is 22.4 Å². The minimum atomic E-state index is 0.317. The van der Waals surface area contributed by atoms with E-state index in [0.717, 1.165) is 13.0 Å². The predicted molar refractivity (Wildman–Crippen MR) is 110 cm³/mol. The number of hydrogen-bond acceptors (Lipinski definition) is 0. The van der Waals surface area contributed by atoms with Gasteiger partial charge in [-0.05, 0) is 61.8 Å². The van der Waals surface area contributed by atoms with Gasteiger partial charge in [0.25, 0.3) is 5.82 Å². The first-order valence-electron chi connectivity index (χ1n) is 9.87. The first-order valence-corrected chi connectivity index (χ1v) is 9.87. The lowest BCUT2D eigenvalue weighted by atomic mass is 9.84. The van der Waals surface area contributed by atoms with Gasteiger partial charge in [-0.3, -0.25) is 0 Å². The molecule has 2 heterocycles. The number of nitrogens with zero attached hydrogens (tertiary/aromatic N) is 2. The van der Waals surface area contributed by atoms with Crippen molar-refractivity contribution in [2.45, 2.75) is 60.4 Å². The van der Waals surface area contributed by atoms with Crippen molar-refractivity contribution >= 4 is 11.0 Å². The first-order chi connectivity index (χ1) is 12.3. The maximum atomic E-state index is 2.58. The molecule has 2 aromatic carbocycles. The molecule has 4 rings (SSSR count). The quantitative estimate of drug-likeness (QED) is 0.557. The third-order valence-corrected chi connectivity index (χ3v) is 5.72. The van der Waals surface area contributed by atoms with Crippen molar-refractivity contribution in [1.29, 1.82) is 0 Å². The molecular weight excluding hydrogens is 316 g/mol. The Bertz CT molecular complexity index is 999. The van der Waals surface area contributed by atoms with E-state index < -0.39 is 0 Å². The molecule has 0 N–H and O–H groups in total. The zero-order chi connectivity index (χ0) is 18.6. The summed E-state index contributed by atoms with van der Waals surface area (Å²) in [7, 11) is 2.23. The number of imidazole rings is 1. The number of aryl methyl sites for hydroxylation is 5. The molecule has 1 aliphatic rings. The maximum absolute atomic E-state index is 2.58. The lowest BCUT2D eigenvalue weighted by Gasteiger charge is -2.22. The van der Waals surface area contributed by atoms with Crippen LogP contribution in [0.1, 0.15) is 49.4 Å². The van der Waals surface area contributed by atoms with E-state index in [1.807, 2.05) is 0 Å². The van der Waals surface area contributed by atoms with Crippen LogP contribution in [-0.4, -0.2) is 4.57 Å². The van der Waals surface area contributed by atoms with Crippen molar-refractivity contribution in [2.24, 2.45) is 12.5 Å². The zero-order valence-electron chi connectivity index (χ0n) is 17.1. The lowest BCUT2D eigenvalue weighted by Crippen LogP contribution is -2.39. The van der Waals surface area contributed by atoms with Crippen molar-refractivity contribution in [1.82, 2.24) is 4.57 Å². The summed E-state index contributed by atoms with van der Waals surface area (Å²) in [6.45, 7) is 12.5. The van der Waals surface area contributed by atoms with E-state index in [4.69, 9.17) is 0 Å². The Morgan fingerprint density at radius 2 is 1.85 bits per heavy atom. The Kier molecular flexibility index (Phi) is 3.98. The molecule has 2 nitrogen and oxygen atoms in total. The molecule has 0 unspecified atom stereocenters. The Labute approximate surface area is 157 Å². The largest absolute Gasteiger partial charge is 0.289 e. The second-order valence-electron chi connectivity index (χ2n) is 9.26. The van der Waals surface area contributed by atoms with E-state index in [-0.39, 0.29) is 0 Å². The molecule has 0 aliphatic carbocycles. The summed E-state index contributed by atoms with van der Waals surface area (Å²) in [6.07, 6.45) is 3.58. The Morgan fingerprint density at radius 1 is 1.08 bits per heavy atom. The van der Waals surface area contributed by atoms with Crippen LogP contribution in [-0.2, 0) is 26.4 Å². The molecule has 0 amide bonds. The molecule has 0 radical (unpaired) electrons. The molecule has 136 valence electrons. The molecule has 1 aliphatic heterocycles. The molecule has 3 aromatic rings. The third-order valence-electron chi connectivity index (χ3n) is 5.72. The fraction of sp³-hybridized carbons (Fsp3) is 0.458. The molecule has 0 bridgehead atoms. The van der Waals surface area contributed by atoms with Gasteiger partial charge in [-0.15, -0.1) is 0 Å². The molecule has 0 atom stereocenters. The summed E-state index contributed by atoms with van der Waals surface area (Å²) >= 11 is 0. The topological polar surface area (TPSA) is 8.81 Å². The second kappa shape index (κ2) is 5.97. The van der Waals surface area contributed by atoms with Gasteiger partial charge in [-0.1, -0.05) is 44.5 Å². The summed E-state index contributed by atoms with van der Waals surface area (Å²) in [5.41, 5.74) is 10.3. The van der Waals surface area contributed by atoms with Gasteiger partial charge in [-0.25, -0.2) is 9.13 Å². The predicted octanol–water partition coefficient (Wildman–Crippen LogP) is 5.28. The first kappa shape index (κ1) is 17.3. The lowest BCUT2D eigenvalue weighted by molar-refractivity contribution is -0.664. The van der Waals surface area contributed by atoms with Gasteiger partial charge in [0.05, 0.1) is 19.2 Å². The summed E-state index contributed by atoms with van der Waals surface area (Å²) in [5.74, 6) is 1.35. The average molecular weight is 348 g/mol. The highest BCUT2D eigenvalue weighted by molar-refractivity contribution is 5.81. The fourth-order valence-electron chi connectivity index (χ4n) is 4.68. The number of hydrogen-bond donors (Lipinski definition) is 0. The van der Waals surface area contributed by atoms with Gasteiger partial charge in [-0.2, -0.15) is 0 Å². The number of aromatic nitrogens is 2. The molecule has 2 heteroatoms. The normalized spacial score (nSPS) is 14.2. The van der Waals surface area contributed by atoms with E-state index >= 15 is 0 Å². The highest BCUT2D eigenvalue weighted by Gasteiger charge is 2.31. The molecule has 26 heavy (non-hydrogen) atoms. The number of rotatable bonds is 2. The smallest absolute Gasteiger partial charge is 0.226 e. The van der Waals surface area contributed by atoms with Crippen LogP contribution in [0.5, 0.6) is 0 Å². The zero-order valence-corrected chi connectivity index (χ0v) is 17.1. The van der Waals surface area contributed by atoms with Crippen molar-refractivity contribution in [3.63, 3.8) is 0 Å². The van der Waals surface area contributed by atoms with Crippen LogP contribution in [0.2, 0.25) is 0 Å². The molecule has 1 aromatic heterocycles. The van der Waals surface area contributed by atoms with Crippen LogP contribution < -0.4 is 4.57 Å². The van der Waals surface area contributed by atoms with E-state index in [1.54, 1.807) is 5.56 Å². The van der Waals surface area contributed by atoms with E-state index in [1.165, 1.54) is 52.0 Å². The molecule has 0 saturated carbocycles. The third kappa shape index (κ3) is 2.76. The summed E-state index contributed by atoms with van der Waals surface area (Å²) in [6, 6.07) is 11.6. The van der Waals surface area contributed by atoms with Crippen molar-refractivity contribution in [2.75, 3.05) is 0 Å². The van der Waals surface area contributed by atoms with Crippen LogP contribution >= 0.6 is 0 Å². The van der Waals surface area contributed by atoms with E-state index in [2.05, 4.69) is 81.1 Å². The Hall–Kier alpha value is -2.09. The molecule has 0 saturated heterocycles.